The average molecular weight is 412 g/mol. The summed E-state index contributed by atoms with van der Waals surface area (Å²) in [5, 5.41) is 0.432. The molecule has 0 saturated carbocycles. The van der Waals surface area contributed by atoms with Gasteiger partial charge in [0.15, 0.2) is 0 Å². The summed E-state index contributed by atoms with van der Waals surface area (Å²) in [4.78, 5) is 24.1. The number of sulfonamides is 1. The van der Waals surface area contributed by atoms with Crippen molar-refractivity contribution in [3.05, 3.63) is 64.7 Å². The molecule has 2 rings (SSSR count). The van der Waals surface area contributed by atoms with E-state index in [-0.39, 0.29) is 10.5 Å². The van der Waals surface area contributed by atoms with Gasteiger partial charge in [-0.15, -0.1) is 0 Å². The normalized spacial score (nSPS) is 12.3. The minimum atomic E-state index is -3.89. The van der Waals surface area contributed by atoms with Gasteiger partial charge in [-0.25, -0.2) is 22.7 Å². The zero-order valence-electron chi connectivity index (χ0n) is 14.6. The summed E-state index contributed by atoms with van der Waals surface area (Å²) < 4.78 is 36.6. The molecular formula is C18H18ClNO6S. The van der Waals surface area contributed by atoms with Gasteiger partial charge in [0, 0.05) is 5.02 Å². The van der Waals surface area contributed by atoms with E-state index in [0.717, 1.165) is 12.7 Å². The van der Waals surface area contributed by atoms with Crippen LogP contribution in [-0.2, 0) is 24.3 Å². The number of carbonyl (C=O) groups is 2. The highest BCUT2D eigenvalue weighted by molar-refractivity contribution is 7.89. The predicted octanol–water partition coefficient (Wildman–Crippen LogP) is 2.33. The Bertz CT molecular complexity index is 910. The topological polar surface area (TPSA) is 98.8 Å². The van der Waals surface area contributed by atoms with Crippen LogP contribution in [-0.4, -0.2) is 40.1 Å². The second-order valence-electron chi connectivity index (χ2n) is 5.59. The molecule has 0 amide bonds. The lowest BCUT2D eigenvalue weighted by atomic mass is 10.2. The lowest BCUT2D eigenvalue weighted by Gasteiger charge is -2.16. The number of methoxy groups -OCH3 is 1. The van der Waals surface area contributed by atoms with Crippen LogP contribution in [0.15, 0.2) is 53.4 Å². The number of aryl methyl sites for hydroxylation is 1. The van der Waals surface area contributed by atoms with Crippen LogP contribution < -0.4 is 4.72 Å². The van der Waals surface area contributed by atoms with Crippen LogP contribution in [0.25, 0.3) is 0 Å². The first-order valence-corrected chi connectivity index (χ1v) is 9.70. The standard InChI is InChI=1S/C18H18ClNO6S/c1-12-3-9-15(10-4-12)27(23,24)20-11-16(18(22)25-2)26-17(21)13-5-7-14(19)8-6-13/h3-10,16,20H,11H2,1-2H3. The Hall–Kier alpha value is -2.42. The van der Waals surface area contributed by atoms with Crippen molar-refractivity contribution in [1.29, 1.82) is 0 Å². The van der Waals surface area contributed by atoms with E-state index >= 15 is 0 Å². The Morgan fingerprint density at radius 3 is 2.22 bits per heavy atom. The number of hydrogen-bond acceptors (Lipinski definition) is 6. The van der Waals surface area contributed by atoms with Gasteiger partial charge in [0.25, 0.3) is 0 Å². The summed E-state index contributed by atoms with van der Waals surface area (Å²) in [7, 11) is -2.78. The predicted molar refractivity (Wildman–Crippen MR) is 99.0 cm³/mol. The molecule has 2 aromatic carbocycles. The van der Waals surface area contributed by atoms with E-state index in [0.29, 0.717) is 5.02 Å². The Morgan fingerprint density at radius 1 is 1.07 bits per heavy atom. The van der Waals surface area contributed by atoms with Crippen molar-refractivity contribution in [1.82, 2.24) is 4.72 Å². The summed E-state index contributed by atoms with van der Waals surface area (Å²) in [5.41, 5.74) is 1.06. The van der Waals surface area contributed by atoms with E-state index in [1.165, 1.54) is 36.4 Å². The molecule has 0 saturated heterocycles. The van der Waals surface area contributed by atoms with Crippen molar-refractivity contribution in [3.8, 4) is 0 Å². The number of ether oxygens (including phenoxy) is 2. The number of halogens is 1. The fourth-order valence-corrected chi connectivity index (χ4v) is 3.23. The zero-order valence-corrected chi connectivity index (χ0v) is 16.2. The Kier molecular flexibility index (Phi) is 6.95. The largest absolute Gasteiger partial charge is 0.466 e. The van der Waals surface area contributed by atoms with Crippen molar-refractivity contribution in [2.75, 3.05) is 13.7 Å². The summed E-state index contributed by atoms with van der Waals surface area (Å²) in [6.07, 6.45) is -1.45. The van der Waals surface area contributed by atoms with E-state index < -0.39 is 34.6 Å². The van der Waals surface area contributed by atoms with Gasteiger partial charge < -0.3 is 9.47 Å². The molecule has 0 spiro atoms. The highest BCUT2D eigenvalue weighted by Crippen LogP contribution is 2.13. The molecule has 9 heteroatoms. The highest BCUT2D eigenvalue weighted by Gasteiger charge is 2.27. The number of rotatable bonds is 7. The third kappa shape index (κ3) is 5.78. The van der Waals surface area contributed by atoms with E-state index in [1.807, 2.05) is 6.92 Å². The molecule has 0 aliphatic rings. The molecule has 0 aliphatic heterocycles. The van der Waals surface area contributed by atoms with Crippen LogP contribution >= 0.6 is 11.6 Å². The van der Waals surface area contributed by atoms with Crippen molar-refractivity contribution in [2.45, 2.75) is 17.9 Å². The Morgan fingerprint density at radius 2 is 1.67 bits per heavy atom. The molecule has 0 bridgehead atoms. The second kappa shape index (κ2) is 8.98. The molecule has 7 nitrogen and oxygen atoms in total. The number of nitrogens with one attached hydrogen (secondary N) is 1. The number of benzene rings is 2. The number of carbonyl (C=O) groups excluding carboxylic acids is 2. The summed E-state index contributed by atoms with van der Waals surface area (Å²) >= 11 is 5.76. The first-order chi connectivity index (χ1) is 12.7. The van der Waals surface area contributed by atoms with Crippen LogP contribution in [0.5, 0.6) is 0 Å². The van der Waals surface area contributed by atoms with Crippen LogP contribution in [0.1, 0.15) is 15.9 Å². The Balaban J connectivity index is 2.10. The zero-order chi connectivity index (χ0) is 20.0. The summed E-state index contributed by atoms with van der Waals surface area (Å²) in [6, 6.07) is 12.0. The SMILES string of the molecule is COC(=O)C(CNS(=O)(=O)c1ccc(C)cc1)OC(=O)c1ccc(Cl)cc1. The third-order valence-electron chi connectivity index (χ3n) is 3.58. The molecule has 27 heavy (non-hydrogen) atoms. The van der Waals surface area contributed by atoms with E-state index in [4.69, 9.17) is 16.3 Å². The number of hydrogen-bond donors (Lipinski definition) is 1. The van der Waals surface area contributed by atoms with E-state index in [1.54, 1.807) is 12.1 Å². The van der Waals surface area contributed by atoms with Gasteiger partial charge in [-0.2, -0.15) is 0 Å². The molecule has 0 aromatic heterocycles. The van der Waals surface area contributed by atoms with Crippen molar-refractivity contribution >= 4 is 33.6 Å². The molecule has 0 fully saturated rings. The Labute approximate surface area is 162 Å². The lowest BCUT2D eigenvalue weighted by Crippen LogP contribution is -2.40. The fraction of sp³-hybridized carbons (Fsp3) is 0.222. The molecule has 1 unspecified atom stereocenters. The molecule has 2 aromatic rings. The molecular weight excluding hydrogens is 394 g/mol. The van der Waals surface area contributed by atoms with Crippen LogP contribution in [0, 0.1) is 6.92 Å². The first-order valence-electron chi connectivity index (χ1n) is 7.83. The monoisotopic (exact) mass is 411 g/mol. The van der Waals surface area contributed by atoms with Gasteiger partial charge in [0.1, 0.15) is 0 Å². The van der Waals surface area contributed by atoms with Crippen LogP contribution in [0.2, 0.25) is 5.02 Å². The number of esters is 2. The summed E-state index contributed by atoms with van der Waals surface area (Å²) in [5.74, 6) is -1.69. The van der Waals surface area contributed by atoms with Crippen molar-refractivity contribution in [2.24, 2.45) is 0 Å². The molecule has 144 valence electrons. The maximum Gasteiger partial charge on any atom is 0.348 e. The second-order valence-corrected chi connectivity index (χ2v) is 7.79. The molecule has 1 N–H and O–H groups in total. The van der Waals surface area contributed by atoms with Crippen molar-refractivity contribution < 1.29 is 27.5 Å². The summed E-state index contributed by atoms with van der Waals surface area (Å²) in [6.45, 7) is 1.36. The maximum atomic E-state index is 12.3. The minimum absolute atomic E-state index is 0.0285. The minimum Gasteiger partial charge on any atom is -0.466 e. The van der Waals surface area contributed by atoms with E-state index in [9.17, 15) is 18.0 Å². The van der Waals surface area contributed by atoms with Crippen LogP contribution in [0.3, 0.4) is 0 Å². The fourth-order valence-electron chi connectivity index (χ4n) is 2.07. The quantitative estimate of drug-likeness (QED) is 0.702. The maximum absolute atomic E-state index is 12.3. The molecule has 0 heterocycles. The van der Waals surface area contributed by atoms with Gasteiger partial charge in [0.05, 0.1) is 24.1 Å². The average Bonchev–Trinajstić information content (AvgIpc) is 2.65. The lowest BCUT2D eigenvalue weighted by molar-refractivity contribution is -0.150. The molecule has 0 radical (unpaired) electrons. The van der Waals surface area contributed by atoms with Crippen LogP contribution in [0.4, 0.5) is 0 Å². The molecule has 1 atom stereocenters. The van der Waals surface area contributed by atoms with Gasteiger partial charge >= 0.3 is 11.9 Å². The highest BCUT2D eigenvalue weighted by atomic mass is 35.5. The van der Waals surface area contributed by atoms with Gasteiger partial charge in [0.2, 0.25) is 16.1 Å². The van der Waals surface area contributed by atoms with E-state index in [2.05, 4.69) is 9.46 Å². The van der Waals surface area contributed by atoms with Crippen molar-refractivity contribution in [3.63, 3.8) is 0 Å². The van der Waals surface area contributed by atoms with Gasteiger partial charge in [-0.3, -0.25) is 0 Å². The van der Waals surface area contributed by atoms with Gasteiger partial charge in [-0.1, -0.05) is 29.3 Å². The first kappa shape index (κ1) is 20.9. The molecule has 0 aliphatic carbocycles. The third-order valence-corrected chi connectivity index (χ3v) is 5.27. The smallest absolute Gasteiger partial charge is 0.348 e. The van der Waals surface area contributed by atoms with Gasteiger partial charge in [-0.05, 0) is 43.3 Å².